The Hall–Kier alpha value is -2.14. The average molecular weight is 510 g/mol. The van der Waals surface area contributed by atoms with Crippen LogP contribution in [0.2, 0.25) is 0 Å². The fraction of sp³-hybridized carbons (Fsp3) is 0.316. The van der Waals surface area contributed by atoms with Gasteiger partial charge in [-0.25, -0.2) is 9.97 Å². The van der Waals surface area contributed by atoms with Gasteiger partial charge in [0, 0.05) is 39.4 Å². The first-order chi connectivity index (χ1) is 13.3. The van der Waals surface area contributed by atoms with Crippen molar-refractivity contribution >= 4 is 47.1 Å². The van der Waals surface area contributed by atoms with Gasteiger partial charge in [0.05, 0.1) is 17.1 Å². The minimum atomic E-state index is 0. The Morgan fingerprint density at radius 2 is 2.07 bits per heavy atom. The van der Waals surface area contributed by atoms with Crippen molar-refractivity contribution in [3.63, 3.8) is 0 Å². The fourth-order valence-electron chi connectivity index (χ4n) is 3.09. The molecule has 0 aliphatic carbocycles. The lowest BCUT2D eigenvalue weighted by Gasteiger charge is -2.37. The van der Waals surface area contributed by atoms with Crippen LogP contribution in [0.3, 0.4) is 0 Å². The first kappa shape index (κ1) is 20.6. The van der Waals surface area contributed by atoms with Crippen LogP contribution < -0.4 is 10.2 Å². The van der Waals surface area contributed by atoms with Crippen LogP contribution in [0.15, 0.2) is 57.6 Å². The maximum Gasteiger partial charge on any atom is 0.236 e. The summed E-state index contributed by atoms with van der Waals surface area (Å²) in [5.41, 5.74) is 0.867. The summed E-state index contributed by atoms with van der Waals surface area (Å²) in [6.07, 6.45) is 3.54. The van der Waals surface area contributed by atoms with Gasteiger partial charge < -0.3 is 19.5 Å². The molecule has 1 saturated heterocycles. The minimum Gasteiger partial charge on any atom is -0.443 e. The molecule has 148 valence electrons. The summed E-state index contributed by atoms with van der Waals surface area (Å²) in [6, 6.07) is 10.0. The number of nitrogens with one attached hydrogen (secondary N) is 1. The van der Waals surface area contributed by atoms with Crippen LogP contribution in [0.4, 0.5) is 5.82 Å². The smallest absolute Gasteiger partial charge is 0.236 e. The summed E-state index contributed by atoms with van der Waals surface area (Å²) in [5, 5.41) is 5.41. The molecule has 0 unspecified atom stereocenters. The molecule has 3 aromatic heterocycles. The van der Waals surface area contributed by atoms with Crippen LogP contribution >= 0.6 is 35.3 Å². The van der Waals surface area contributed by atoms with Gasteiger partial charge in [0.1, 0.15) is 12.1 Å². The number of hydrogen-bond donors (Lipinski definition) is 1. The van der Waals surface area contributed by atoms with Crippen molar-refractivity contribution < 1.29 is 4.42 Å². The van der Waals surface area contributed by atoms with Crippen molar-refractivity contribution in [2.45, 2.75) is 6.54 Å². The SMILES string of the molecule is CN=C(NCc1coc(-c2cccs2)n1)N1CCN(c2ccccn2)CC1.I. The van der Waals surface area contributed by atoms with Crippen molar-refractivity contribution in [3.8, 4) is 10.8 Å². The topological polar surface area (TPSA) is 69.8 Å². The lowest BCUT2D eigenvalue weighted by atomic mass is 10.3. The van der Waals surface area contributed by atoms with E-state index in [1.165, 1.54) is 0 Å². The lowest BCUT2D eigenvalue weighted by Crippen LogP contribution is -2.52. The maximum absolute atomic E-state index is 5.58. The quantitative estimate of drug-likeness (QED) is 0.330. The normalized spacial score (nSPS) is 14.7. The molecule has 0 aromatic carbocycles. The second-order valence-corrected chi connectivity index (χ2v) is 7.13. The van der Waals surface area contributed by atoms with Crippen LogP contribution in [0.25, 0.3) is 10.8 Å². The monoisotopic (exact) mass is 510 g/mol. The minimum absolute atomic E-state index is 0. The van der Waals surface area contributed by atoms with E-state index in [2.05, 4.69) is 36.1 Å². The molecular weight excluding hydrogens is 487 g/mol. The molecule has 4 heterocycles. The number of anilines is 1. The molecule has 0 atom stereocenters. The third-order valence-corrected chi connectivity index (χ3v) is 5.33. The summed E-state index contributed by atoms with van der Waals surface area (Å²) in [7, 11) is 1.81. The van der Waals surface area contributed by atoms with Crippen LogP contribution in [0.1, 0.15) is 5.69 Å². The van der Waals surface area contributed by atoms with E-state index in [4.69, 9.17) is 4.42 Å². The van der Waals surface area contributed by atoms with E-state index < -0.39 is 0 Å². The van der Waals surface area contributed by atoms with E-state index in [0.717, 1.165) is 48.5 Å². The van der Waals surface area contributed by atoms with Gasteiger partial charge in [-0.1, -0.05) is 12.1 Å². The molecule has 0 bridgehead atoms. The first-order valence-corrected chi connectivity index (χ1v) is 9.81. The van der Waals surface area contributed by atoms with Crippen LogP contribution in [-0.4, -0.2) is 54.1 Å². The molecule has 4 rings (SSSR count). The molecule has 1 aliphatic heterocycles. The van der Waals surface area contributed by atoms with E-state index in [9.17, 15) is 0 Å². The Balaban J connectivity index is 0.00000225. The maximum atomic E-state index is 5.58. The third kappa shape index (κ3) is 4.82. The van der Waals surface area contributed by atoms with Crippen LogP contribution in [-0.2, 0) is 6.54 Å². The Labute approximate surface area is 185 Å². The van der Waals surface area contributed by atoms with Crippen molar-refractivity contribution in [1.29, 1.82) is 0 Å². The lowest BCUT2D eigenvalue weighted by molar-refractivity contribution is 0.371. The second kappa shape index (κ2) is 9.87. The molecular formula is C19H23IN6OS. The zero-order chi connectivity index (χ0) is 18.5. The Kier molecular flexibility index (Phi) is 7.26. The molecule has 0 spiro atoms. The Bertz CT molecular complexity index is 875. The second-order valence-electron chi connectivity index (χ2n) is 6.18. The van der Waals surface area contributed by atoms with Gasteiger partial charge in [-0.15, -0.1) is 35.3 Å². The molecule has 1 fully saturated rings. The van der Waals surface area contributed by atoms with Gasteiger partial charge in [-0.3, -0.25) is 4.99 Å². The Morgan fingerprint density at radius 3 is 2.75 bits per heavy atom. The van der Waals surface area contributed by atoms with E-state index >= 15 is 0 Å². The van der Waals surface area contributed by atoms with Gasteiger partial charge in [-0.2, -0.15) is 0 Å². The highest BCUT2D eigenvalue weighted by atomic mass is 127. The van der Waals surface area contributed by atoms with E-state index in [-0.39, 0.29) is 24.0 Å². The number of halogens is 1. The highest BCUT2D eigenvalue weighted by Gasteiger charge is 2.20. The highest BCUT2D eigenvalue weighted by molar-refractivity contribution is 14.0. The number of aliphatic imine (C=N–C) groups is 1. The molecule has 0 radical (unpaired) electrons. The van der Waals surface area contributed by atoms with Crippen LogP contribution in [0, 0.1) is 0 Å². The predicted octanol–water partition coefficient (Wildman–Crippen LogP) is 3.31. The number of aromatic nitrogens is 2. The van der Waals surface area contributed by atoms with Gasteiger partial charge in [0.2, 0.25) is 5.89 Å². The van der Waals surface area contributed by atoms with Crippen LogP contribution in [0.5, 0.6) is 0 Å². The fourth-order valence-corrected chi connectivity index (χ4v) is 3.75. The summed E-state index contributed by atoms with van der Waals surface area (Å²) in [6.45, 7) is 4.22. The van der Waals surface area contributed by atoms with Crippen molar-refractivity contribution in [1.82, 2.24) is 20.2 Å². The average Bonchev–Trinajstić information content (AvgIpc) is 3.41. The zero-order valence-electron chi connectivity index (χ0n) is 15.6. The molecule has 1 aliphatic rings. The van der Waals surface area contributed by atoms with Crippen molar-refractivity contribution in [2.75, 3.05) is 38.1 Å². The van der Waals surface area contributed by atoms with E-state index in [1.807, 2.05) is 42.9 Å². The largest absolute Gasteiger partial charge is 0.443 e. The number of pyridine rings is 1. The van der Waals surface area contributed by atoms with Gasteiger partial charge in [-0.05, 0) is 23.6 Å². The zero-order valence-corrected chi connectivity index (χ0v) is 18.8. The molecule has 7 nitrogen and oxygen atoms in total. The summed E-state index contributed by atoms with van der Waals surface area (Å²) >= 11 is 1.62. The number of thiophene rings is 1. The Morgan fingerprint density at radius 1 is 1.21 bits per heavy atom. The van der Waals surface area contributed by atoms with Crippen molar-refractivity contribution in [2.24, 2.45) is 4.99 Å². The number of oxazole rings is 1. The van der Waals surface area contributed by atoms with Gasteiger partial charge >= 0.3 is 0 Å². The standard InChI is InChI=1S/C19H22N6OS.HI/c1-20-19(22-13-15-14-26-18(23-15)16-5-4-12-27-16)25-10-8-24(9-11-25)17-6-2-3-7-21-17;/h2-7,12,14H,8-11,13H2,1H3,(H,20,22);1H. The predicted molar refractivity (Wildman–Crippen MR) is 123 cm³/mol. The highest BCUT2D eigenvalue weighted by Crippen LogP contribution is 2.23. The number of hydrogen-bond acceptors (Lipinski definition) is 6. The molecule has 3 aromatic rings. The van der Waals surface area contributed by atoms with E-state index in [1.54, 1.807) is 17.6 Å². The summed E-state index contributed by atoms with van der Waals surface area (Å²) in [4.78, 5) is 19.0. The van der Waals surface area contributed by atoms with Gasteiger partial charge in [0.25, 0.3) is 0 Å². The number of rotatable bonds is 4. The molecule has 9 heteroatoms. The number of piperazine rings is 1. The molecule has 1 N–H and O–H groups in total. The molecule has 28 heavy (non-hydrogen) atoms. The summed E-state index contributed by atoms with van der Waals surface area (Å²) in [5.74, 6) is 2.58. The van der Waals surface area contributed by atoms with E-state index in [0.29, 0.717) is 12.4 Å². The first-order valence-electron chi connectivity index (χ1n) is 8.93. The molecule has 0 amide bonds. The number of nitrogens with zero attached hydrogens (tertiary/aromatic N) is 5. The molecule has 0 saturated carbocycles. The van der Waals surface area contributed by atoms with Crippen molar-refractivity contribution in [3.05, 3.63) is 53.9 Å². The van der Waals surface area contributed by atoms with Gasteiger partial charge in [0.15, 0.2) is 5.96 Å². The summed E-state index contributed by atoms with van der Waals surface area (Å²) < 4.78 is 5.58. The third-order valence-electron chi connectivity index (χ3n) is 4.48. The number of guanidine groups is 1.